The normalized spacial score (nSPS) is 11.0. The number of benzene rings is 1. The Hall–Kier alpha value is -0.870. The van der Waals surface area contributed by atoms with Crippen LogP contribution in [0.5, 0.6) is 0 Å². The summed E-state index contributed by atoms with van der Waals surface area (Å²) in [4.78, 5) is 4.33. The minimum atomic E-state index is 0.629. The van der Waals surface area contributed by atoms with Crippen LogP contribution in [0.1, 0.15) is 5.89 Å². The quantitative estimate of drug-likeness (QED) is 0.846. The molecule has 0 aliphatic rings. The highest BCUT2D eigenvalue weighted by molar-refractivity contribution is 9.10. The van der Waals surface area contributed by atoms with Crippen LogP contribution < -0.4 is 0 Å². The van der Waals surface area contributed by atoms with Crippen molar-refractivity contribution in [3.63, 3.8) is 0 Å². The van der Waals surface area contributed by atoms with E-state index in [4.69, 9.17) is 9.15 Å². The van der Waals surface area contributed by atoms with Crippen molar-refractivity contribution >= 4 is 27.0 Å². The molecule has 0 saturated heterocycles. The van der Waals surface area contributed by atoms with Crippen LogP contribution in [0, 0.1) is 0 Å². The second kappa shape index (κ2) is 4.11. The first-order valence-corrected chi connectivity index (χ1v) is 5.13. The van der Waals surface area contributed by atoms with E-state index in [1.165, 1.54) is 0 Å². The summed E-state index contributed by atoms with van der Waals surface area (Å²) in [5, 5.41) is 0. The molecule has 74 valence electrons. The minimum Gasteiger partial charge on any atom is -0.439 e. The van der Waals surface area contributed by atoms with Crippen molar-refractivity contribution in [1.29, 1.82) is 0 Å². The van der Waals surface area contributed by atoms with E-state index in [2.05, 4.69) is 20.9 Å². The Morgan fingerprint density at radius 2 is 2.36 bits per heavy atom. The molecule has 1 aromatic heterocycles. The lowest BCUT2D eigenvalue weighted by molar-refractivity contribution is 0.196. The molecule has 0 spiro atoms. The van der Waals surface area contributed by atoms with Crippen molar-refractivity contribution in [3.8, 4) is 0 Å². The van der Waals surface area contributed by atoms with Gasteiger partial charge < -0.3 is 9.15 Å². The van der Waals surface area contributed by atoms with E-state index >= 15 is 0 Å². The first kappa shape index (κ1) is 9.68. The second-order valence-electron chi connectivity index (χ2n) is 2.94. The number of ether oxygens (including phenoxy) is 1. The lowest BCUT2D eigenvalue weighted by Gasteiger charge is -1.91. The third-order valence-electron chi connectivity index (χ3n) is 1.93. The average molecular weight is 256 g/mol. The van der Waals surface area contributed by atoms with Gasteiger partial charge in [-0.2, -0.15) is 0 Å². The van der Waals surface area contributed by atoms with Gasteiger partial charge in [-0.1, -0.05) is 6.07 Å². The molecule has 0 fully saturated rings. The first-order valence-electron chi connectivity index (χ1n) is 4.34. The second-order valence-corrected chi connectivity index (χ2v) is 3.79. The van der Waals surface area contributed by atoms with Gasteiger partial charge in [0.05, 0.1) is 11.1 Å². The van der Waals surface area contributed by atoms with Gasteiger partial charge in [-0.05, 0) is 28.1 Å². The third kappa shape index (κ3) is 1.81. The van der Waals surface area contributed by atoms with E-state index in [9.17, 15) is 0 Å². The summed E-state index contributed by atoms with van der Waals surface area (Å²) in [7, 11) is 1.67. The van der Waals surface area contributed by atoms with Crippen LogP contribution in [0.25, 0.3) is 11.1 Å². The largest absolute Gasteiger partial charge is 0.439 e. The number of hydrogen-bond acceptors (Lipinski definition) is 3. The van der Waals surface area contributed by atoms with Gasteiger partial charge in [0.15, 0.2) is 11.5 Å². The van der Waals surface area contributed by atoms with Gasteiger partial charge >= 0.3 is 0 Å². The number of hydrogen-bond donors (Lipinski definition) is 0. The number of para-hydroxylation sites is 1. The molecular formula is C10H10BrNO2. The van der Waals surface area contributed by atoms with E-state index in [1.54, 1.807) is 7.11 Å². The van der Waals surface area contributed by atoms with Crippen LogP contribution in [0.15, 0.2) is 27.1 Å². The standard InChI is InChI=1S/C10H10BrNO2/c1-13-6-5-9-12-8-4-2-3-7(11)10(8)14-9/h2-4H,5-6H2,1H3. The topological polar surface area (TPSA) is 35.3 Å². The fraction of sp³-hybridized carbons (Fsp3) is 0.300. The van der Waals surface area contributed by atoms with E-state index < -0.39 is 0 Å². The lowest BCUT2D eigenvalue weighted by Crippen LogP contribution is -1.93. The number of halogens is 1. The molecule has 0 atom stereocenters. The molecule has 1 aromatic carbocycles. The van der Waals surface area contributed by atoms with E-state index in [-0.39, 0.29) is 0 Å². The fourth-order valence-corrected chi connectivity index (χ4v) is 1.69. The molecule has 3 nitrogen and oxygen atoms in total. The third-order valence-corrected chi connectivity index (χ3v) is 2.56. The van der Waals surface area contributed by atoms with E-state index in [0.717, 1.165) is 15.6 Å². The smallest absolute Gasteiger partial charge is 0.197 e. The highest BCUT2D eigenvalue weighted by Crippen LogP contribution is 2.24. The number of rotatable bonds is 3. The summed E-state index contributed by atoms with van der Waals surface area (Å²) in [6.07, 6.45) is 0.706. The molecule has 0 radical (unpaired) electrons. The molecule has 0 bridgehead atoms. The maximum atomic E-state index is 5.56. The molecule has 0 aliphatic heterocycles. The van der Waals surface area contributed by atoms with Crippen molar-refractivity contribution in [2.75, 3.05) is 13.7 Å². The number of nitrogens with zero attached hydrogens (tertiary/aromatic N) is 1. The summed E-state index contributed by atoms with van der Waals surface area (Å²) in [6.45, 7) is 0.629. The van der Waals surface area contributed by atoms with Gasteiger partial charge in [-0.25, -0.2) is 4.98 Å². The molecule has 2 rings (SSSR count). The van der Waals surface area contributed by atoms with Gasteiger partial charge in [0.25, 0.3) is 0 Å². The van der Waals surface area contributed by atoms with Crippen molar-refractivity contribution in [2.24, 2.45) is 0 Å². The predicted molar refractivity (Wildman–Crippen MR) is 57.3 cm³/mol. The van der Waals surface area contributed by atoms with E-state index in [1.807, 2.05) is 18.2 Å². The Morgan fingerprint density at radius 3 is 3.07 bits per heavy atom. The van der Waals surface area contributed by atoms with Crippen molar-refractivity contribution in [1.82, 2.24) is 4.98 Å². The zero-order valence-corrected chi connectivity index (χ0v) is 9.37. The molecule has 0 saturated carbocycles. The zero-order valence-electron chi connectivity index (χ0n) is 7.79. The lowest BCUT2D eigenvalue weighted by atomic mass is 10.3. The van der Waals surface area contributed by atoms with Crippen LogP contribution in [0.4, 0.5) is 0 Å². The minimum absolute atomic E-state index is 0.629. The monoisotopic (exact) mass is 255 g/mol. The van der Waals surface area contributed by atoms with Gasteiger partial charge in [0, 0.05) is 13.5 Å². The first-order chi connectivity index (χ1) is 6.81. The van der Waals surface area contributed by atoms with Gasteiger partial charge in [0.2, 0.25) is 0 Å². The molecule has 0 aliphatic carbocycles. The fourth-order valence-electron chi connectivity index (χ4n) is 1.26. The summed E-state index contributed by atoms with van der Waals surface area (Å²) < 4.78 is 11.5. The molecule has 14 heavy (non-hydrogen) atoms. The molecule has 2 aromatic rings. The maximum Gasteiger partial charge on any atom is 0.197 e. The molecule has 0 N–H and O–H groups in total. The van der Waals surface area contributed by atoms with Crippen molar-refractivity contribution < 1.29 is 9.15 Å². The zero-order chi connectivity index (χ0) is 9.97. The highest BCUT2D eigenvalue weighted by Gasteiger charge is 2.07. The molecular weight excluding hydrogens is 246 g/mol. The molecule has 4 heteroatoms. The van der Waals surface area contributed by atoms with Gasteiger partial charge in [-0.3, -0.25) is 0 Å². The van der Waals surface area contributed by atoms with Crippen LogP contribution in [0.2, 0.25) is 0 Å². The Labute approximate surface area is 90.2 Å². The number of fused-ring (bicyclic) bond motifs is 1. The highest BCUT2D eigenvalue weighted by atomic mass is 79.9. The number of aromatic nitrogens is 1. The maximum absolute atomic E-state index is 5.56. The van der Waals surface area contributed by atoms with E-state index in [0.29, 0.717) is 18.9 Å². The SMILES string of the molecule is COCCc1nc2cccc(Br)c2o1. The van der Waals surface area contributed by atoms with Gasteiger partial charge in [0.1, 0.15) is 5.52 Å². The molecule has 0 amide bonds. The van der Waals surface area contributed by atoms with Crippen LogP contribution in [-0.2, 0) is 11.2 Å². The number of methoxy groups -OCH3 is 1. The molecule has 0 unspecified atom stereocenters. The Kier molecular flexibility index (Phi) is 2.84. The Balaban J connectivity index is 2.36. The average Bonchev–Trinajstić information content (AvgIpc) is 2.59. The Morgan fingerprint density at radius 1 is 1.50 bits per heavy atom. The van der Waals surface area contributed by atoms with Gasteiger partial charge in [-0.15, -0.1) is 0 Å². The summed E-state index contributed by atoms with van der Waals surface area (Å²) in [5.41, 5.74) is 1.68. The van der Waals surface area contributed by atoms with Crippen LogP contribution in [-0.4, -0.2) is 18.7 Å². The molecule has 1 heterocycles. The van der Waals surface area contributed by atoms with Crippen molar-refractivity contribution in [2.45, 2.75) is 6.42 Å². The van der Waals surface area contributed by atoms with Crippen LogP contribution in [0.3, 0.4) is 0 Å². The predicted octanol–water partition coefficient (Wildman–Crippen LogP) is 2.78. The summed E-state index contributed by atoms with van der Waals surface area (Å²) in [6, 6.07) is 5.81. The summed E-state index contributed by atoms with van der Waals surface area (Å²) in [5.74, 6) is 0.716. The number of oxazole rings is 1. The van der Waals surface area contributed by atoms with Crippen molar-refractivity contribution in [3.05, 3.63) is 28.6 Å². The van der Waals surface area contributed by atoms with Crippen LogP contribution >= 0.6 is 15.9 Å². The Bertz CT molecular complexity index is 439. The summed E-state index contributed by atoms with van der Waals surface area (Å²) >= 11 is 3.41.